The number of aliphatic hydroxyl groups excluding tert-OH is 1. The molecule has 1 rings (SSSR count). The Bertz CT molecular complexity index is 262. The van der Waals surface area contributed by atoms with Crippen LogP contribution in [0.5, 0.6) is 0 Å². The van der Waals surface area contributed by atoms with E-state index in [4.69, 9.17) is 5.11 Å². The average molecular weight is 231 g/mol. The van der Waals surface area contributed by atoms with Crippen LogP contribution in [0.4, 0.5) is 0 Å². The molecule has 0 amide bonds. The maximum Gasteiger partial charge on any atom is 0.0797 e. The molecule has 1 heterocycles. The van der Waals surface area contributed by atoms with Crippen molar-refractivity contribution >= 4 is 23.1 Å². The maximum absolute atomic E-state index is 8.84. The van der Waals surface area contributed by atoms with Crippen LogP contribution in [-0.4, -0.2) is 28.2 Å². The van der Waals surface area contributed by atoms with E-state index in [-0.39, 0.29) is 0 Å². The fourth-order valence-electron chi connectivity index (χ4n) is 1.07. The van der Waals surface area contributed by atoms with E-state index in [2.05, 4.69) is 18.8 Å². The van der Waals surface area contributed by atoms with Gasteiger partial charge < -0.3 is 5.11 Å². The molecular weight excluding hydrogens is 214 g/mol. The van der Waals surface area contributed by atoms with Crippen LogP contribution in [0.3, 0.4) is 0 Å². The first-order chi connectivity index (χ1) is 6.74. The second kappa shape index (κ2) is 6.43. The number of rotatable bonds is 6. The zero-order chi connectivity index (χ0) is 10.4. The number of hydrogen-bond donors (Lipinski definition) is 1. The Morgan fingerprint density at radius 3 is 3.00 bits per heavy atom. The van der Waals surface area contributed by atoms with Crippen molar-refractivity contribution in [3.63, 3.8) is 0 Å². The summed E-state index contributed by atoms with van der Waals surface area (Å²) >= 11 is 3.65. The smallest absolute Gasteiger partial charge is 0.0797 e. The van der Waals surface area contributed by atoms with Crippen molar-refractivity contribution < 1.29 is 5.11 Å². The maximum atomic E-state index is 8.84. The van der Waals surface area contributed by atoms with E-state index >= 15 is 0 Å². The highest BCUT2D eigenvalue weighted by Gasteiger charge is 2.03. The van der Waals surface area contributed by atoms with Gasteiger partial charge in [-0.2, -0.15) is 11.8 Å². The minimum atomic E-state index is 0.298. The van der Waals surface area contributed by atoms with Gasteiger partial charge >= 0.3 is 0 Å². The lowest BCUT2D eigenvalue weighted by Gasteiger charge is -2.06. The molecule has 0 aliphatic heterocycles. The normalized spacial score (nSPS) is 13.1. The molecule has 0 aromatic carbocycles. The van der Waals surface area contributed by atoms with Crippen LogP contribution in [0, 0.1) is 12.8 Å². The molecule has 0 saturated carbocycles. The Morgan fingerprint density at radius 1 is 1.64 bits per heavy atom. The van der Waals surface area contributed by atoms with Gasteiger partial charge in [0.05, 0.1) is 11.2 Å². The minimum absolute atomic E-state index is 0.298. The molecule has 1 atom stereocenters. The van der Waals surface area contributed by atoms with E-state index in [1.165, 1.54) is 10.6 Å². The van der Waals surface area contributed by atoms with Gasteiger partial charge in [-0.25, -0.2) is 4.98 Å². The first kappa shape index (κ1) is 12.0. The third-order valence-corrected chi connectivity index (χ3v) is 4.32. The average Bonchev–Trinajstić information content (AvgIpc) is 2.58. The van der Waals surface area contributed by atoms with Crippen LogP contribution in [0.15, 0.2) is 5.51 Å². The topological polar surface area (TPSA) is 33.1 Å². The summed E-state index contributed by atoms with van der Waals surface area (Å²) in [5, 5.41) is 8.84. The third-order valence-electron chi connectivity index (χ3n) is 2.03. The highest BCUT2D eigenvalue weighted by atomic mass is 32.2. The van der Waals surface area contributed by atoms with Gasteiger partial charge in [-0.3, -0.25) is 0 Å². The molecule has 1 aromatic heterocycles. The molecule has 1 aromatic rings. The number of thiazole rings is 1. The van der Waals surface area contributed by atoms with Gasteiger partial charge in [-0.05, 0) is 30.8 Å². The van der Waals surface area contributed by atoms with E-state index in [1.54, 1.807) is 11.3 Å². The summed E-state index contributed by atoms with van der Waals surface area (Å²) in [5.41, 5.74) is 3.08. The summed E-state index contributed by atoms with van der Waals surface area (Å²) < 4.78 is 0. The number of aromatic nitrogens is 1. The summed E-state index contributed by atoms with van der Waals surface area (Å²) in [4.78, 5) is 5.61. The van der Waals surface area contributed by atoms with E-state index in [0.717, 1.165) is 17.9 Å². The summed E-state index contributed by atoms with van der Waals surface area (Å²) in [6.45, 7) is 4.43. The van der Waals surface area contributed by atoms with Gasteiger partial charge in [0, 0.05) is 11.5 Å². The quantitative estimate of drug-likeness (QED) is 0.763. The summed E-state index contributed by atoms with van der Waals surface area (Å²) in [6, 6.07) is 0. The van der Waals surface area contributed by atoms with E-state index in [9.17, 15) is 0 Å². The van der Waals surface area contributed by atoms with Crippen molar-refractivity contribution in [3.05, 3.63) is 16.1 Å². The minimum Gasteiger partial charge on any atom is -0.396 e. The fraction of sp³-hybridized carbons (Fsp3) is 0.700. The van der Waals surface area contributed by atoms with Crippen LogP contribution in [0.1, 0.15) is 17.5 Å². The third kappa shape index (κ3) is 3.98. The van der Waals surface area contributed by atoms with Crippen LogP contribution in [0.25, 0.3) is 0 Å². The first-order valence-corrected chi connectivity index (χ1v) is 6.85. The molecule has 0 spiro atoms. The lowest BCUT2D eigenvalue weighted by atomic mass is 10.2. The molecule has 4 heteroatoms. The summed E-state index contributed by atoms with van der Waals surface area (Å²) in [7, 11) is 0. The number of nitrogens with zero attached hydrogens (tertiary/aromatic N) is 1. The van der Waals surface area contributed by atoms with Crippen molar-refractivity contribution in [1.29, 1.82) is 0 Å². The number of aryl methyl sites for hydroxylation is 2. The molecule has 0 saturated heterocycles. The standard InChI is InChI=1S/C10H17NOS2/c1-8(5-12)6-13-4-3-10-9(2)11-7-14-10/h7-8,12H,3-6H2,1-2H3. The molecule has 0 radical (unpaired) electrons. The summed E-state index contributed by atoms with van der Waals surface area (Å²) in [6.07, 6.45) is 1.11. The van der Waals surface area contributed by atoms with E-state index in [1.807, 2.05) is 17.3 Å². The van der Waals surface area contributed by atoms with E-state index < -0.39 is 0 Å². The molecule has 1 N–H and O–H groups in total. The Hall–Kier alpha value is -0.0600. The van der Waals surface area contributed by atoms with Gasteiger partial charge in [0.1, 0.15) is 0 Å². The molecule has 0 fully saturated rings. The molecule has 2 nitrogen and oxygen atoms in total. The zero-order valence-electron chi connectivity index (χ0n) is 8.69. The monoisotopic (exact) mass is 231 g/mol. The van der Waals surface area contributed by atoms with Gasteiger partial charge in [0.2, 0.25) is 0 Å². The van der Waals surface area contributed by atoms with E-state index in [0.29, 0.717) is 12.5 Å². The second-order valence-electron chi connectivity index (χ2n) is 3.47. The second-order valence-corrected chi connectivity index (χ2v) is 5.56. The van der Waals surface area contributed by atoms with Gasteiger partial charge in [-0.15, -0.1) is 11.3 Å². The first-order valence-electron chi connectivity index (χ1n) is 4.81. The Kier molecular flexibility index (Phi) is 5.52. The van der Waals surface area contributed by atoms with Crippen LogP contribution >= 0.6 is 23.1 Å². The van der Waals surface area contributed by atoms with Gasteiger partial charge in [0.25, 0.3) is 0 Å². The predicted molar refractivity (Wildman–Crippen MR) is 64.1 cm³/mol. The summed E-state index contributed by atoms with van der Waals surface area (Å²) in [5.74, 6) is 2.60. The molecular formula is C10H17NOS2. The largest absolute Gasteiger partial charge is 0.396 e. The molecule has 0 bridgehead atoms. The zero-order valence-corrected chi connectivity index (χ0v) is 10.3. The van der Waals surface area contributed by atoms with Crippen molar-refractivity contribution in [2.75, 3.05) is 18.1 Å². The Labute approximate surface area is 93.8 Å². The lowest BCUT2D eigenvalue weighted by molar-refractivity contribution is 0.250. The lowest BCUT2D eigenvalue weighted by Crippen LogP contribution is -2.04. The highest BCUT2D eigenvalue weighted by Crippen LogP contribution is 2.16. The van der Waals surface area contributed by atoms with Gasteiger partial charge in [-0.1, -0.05) is 6.92 Å². The fourth-order valence-corrected chi connectivity index (χ4v) is 3.00. The van der Waals surface area contributed by atoms with Gasteiger partial charge in [0.15, 0.2) is 0 Å². The van der Waals surface area contributed by atoms with Crippen LogP contribution < -0.4 is 0 Å². The van der Waals surface area contributed by atoms with Crippen molar-refractivity contribution in [2.45, 2.75) is 20.3 Å². The molecule has 0 aliphatic carbocycles. The Balaban J connectivity index is 2.13. The molecule has 14 heavy (non-hydrogen) atoms. The predicted octanol–water partition coefficient (Wildman–Crippen LogP) is 2.36. The molecule has 0 aliphatic rings. The number of aliphatic hydroxyl groups is 1. The van der Waals surface area contributed by atoms with Crippen LogP contribution in [-0.2, 0) is 6.42 Å². The number of hydrogen-bond acceptors (Lipinski definition) is 4. The van der Waals surface area contributed by atoms with Crippen LogP contribution in [0.2, 0.25) is 0 Å². The SMILES string of the molecule is Cc1ncsc1CCSCC(C)CO. The number of thioether (sulfide) groups is 1. The molecule has 80 valence electrons. The van der Waals surface area contributed by atoms with Crippen molar-refractivity contribution in [2.24, 2.45) is 5.92 Å². The van der Waals surface area contributed by atoms with Crippen molar-refractivity contribution in [1.82, 2.24) is 4.98 Å². The molecule has 1 unspecified atom stereocenters. The Morgan fingerprint density at radius 2 is 2.43 bits per heavy atom. The van der Waals surface area contributed by atoms with Crippen molar-refractivity contribution in [3.8, 4) is 0 Å². The highest BCUT2D eigenvalue weighted by molar-refractivity contribution is 7.99.